The Kier molecular flexibility index (Phi) is 8.52. The van der Waals surface area contributed by atoms with Gasteiger partial charge in [-0.1, -0.05) is 12.1 Å². The van der Waals surface area contributed by atoms with Crippen molar-refractivity contribution in [2.75, 3.05) is 25.6 Å². The van der Waals surface area contributed by atoms with Crippen LogP contribution < -0.4 is 10.1 Å². The van der Waals surface area contributed by atoms with Gasteiger partial charge < -0.3 is 19.5 Å². The monoisotopic (exact) mass is 596 g/mol. The van der Waals surface area contributed by atoms with Gasteiger partial charge in [0.2, 0.25) is 5.91 Å². The van der Waals surface area contributed by atoms with E-state index in [1.165, 1.54) is 36.6 Å². The molecule has 40 heavy (non-hydrogen) atoms. The average molecular weight is 597 g/mol. The summed E-state index contributed by atoms with van der Waals surface area (Å²) in [7, 11) is -4.40. The molecule has 3 atom stereocenters. The maximum atomic E-state index is 13.5. The minimum Gasteiger partial charge on any atom is -0.493 e. The van der Waals surface area contributed by atoms with Crippen LogP contribution in [0.1, 0.15) is 51.0 Å². The van der Waals surface area contributed by atoms with E-state index in [0.29, 0.717) is 24.4 Å². The number of nitrogens with zero attached hydrogens (tertiary/aromatic N) is 1. The van der Waals surface area contributed by atoms with Crippen LogP contribution in [0, 0.1) is 0 Å². The number of carbonyl (C=O) groups excluding carboxylic acids is 4. The van der Waals surface area contributed by atoms with Gasteiger partial charge in [-0.15, -0.1) is 11.8 Å². The lowest BCUT2D eigenvalue weighted by Gasteiger charge is -2.50. The number of hydrogen-bond acceptors (Lipinski definition) is 11. The van der Waals surface area contributed by atoms with Gasteiger partial charge in [0.15, 0.2) is 5.25 Å². The number of rotatable bonds is 9. The summed E-state index contributed by atoms with van der Waals surface area (Å²) in [6.07, 6.45) is 0.566. The van der Waals surface area contributed by atoms with Gasteiger partial charge in [-0.3, -0.25) is 23.5 Å². The number of thioether (sulfide) groups is 1. The summed E-state index contributed by atoms with van der Waals surface area (Å²) in [5, 5.41) is 0.135. The summed E-state index contributed by atoms with van der Waals surface area (Å²) >= 11 is 1.24. The van der Waals surface area contributed by atoms with Gasteiger partial charge in [0.05, 0.1) is 13.2 Å². The van der Waals surface area contributed by atoms with Crippen molar-refractivity contribution in [2.24, 2.45) is 0 Å². The van der Waals surface area contributed by atoms with Gasteiger partial charge in [-0.25, -0.2) is 4.79 Å². The van der Waals surface area contributed by atoms with Crippen LogP contribution in [0.2, 0.25) is 0 Å². The van der Waals surface area contributed by atoms with Crippen molar-refractivity contribution in [3.8, 4) is 5.75 Å². The molecule has 1 aromatic carbocycles. The highest BCUT2D eigenvalue weighted by Gasteiger charge is 2.55. The molecule has 14 heteroatoms. The summed E-state index contributed by atoms with van der Waals surface area (Å²) in [6.45, 7) is 7.82. The smallest absolute Gasteiger partial charge is 0.355 e. The molecule has 1 fully saturated rings. The molecule has 218 valence electrons. The number of esters is 2. The maximum absolute atomic E-state index is 13.5. The number of β-lactam (4-membered cyclic amide) rings is 1. The topological polar surface area (TPSA) is 155 Å². The zero-order valence-corrected chi connectivity index (χ0v) is 24.5. The number of nitrogens with one attached hydrogen (secondary N) is 1. The highest BCUT2D eigenvalue weighted by Crippen LogP contribution is 2.42. The molecule has 3 heterocycles. The molecule has 3 aliphatic rings. The lowest BCUT2D eigenvalue weighted by Crippen LogP contribution is -2.71. The first-order valence-corrected chi connectivity index (χ1v) is 15.2. The Balaban J connectivity index is 1.60. The standard InChI is InChI=1S/C26H32N2O10S2/c1-6-37-40(33,34)21(16-7-8-18-15(11-16)9-10-35-18)22(30)27-19-23(31)28-20(25(32)38-26(3,4)5)17(12-36-14(2)29)13-39-24(19)28/h7-8,11,19,21,24H,6,9-10,12-13H2,1-5H3,(H,27,30). The first-order valence-electron chi connectivity index (χ1n) is 12.7. The molecule has 1 N–H and O–H groups in total. The van der Waals surface area contributed by atoms with Gasteiger partial charge in [-0.05, 0) is 44.9 Å². The van der Waals surface area contributed by atoms with Gasteiger partial charge in [0.1, 0.15) is 35.1 Å². The number of carbonyl (C=O) groups is 4. The molecule has 0 bridgehead atoms. The van der Waals surface area contributed by atoms with Crippen LogP contribution in [0.25, 0.3) is 0 Å². The molecule has 0 spiro atoms. The van der Waals surface area contributed by atoms with Crippen molar-refractivity contribution in [1.29, 1.82) is 0 Å². The number of benzene rings is 1. The first-order chi connectivity index (χ1) is 18.7. The van der Waals surface area contributed by atoms with Crippen molar-refractivity contribution in [2.45, 2.75) is 63.3 Å². The van der Waals surface area contributed by atoms with Crippen LogP contribution in [-0.2, 0) is 49.4 Å². The van der Waals surface area contributed by atoms with Crippen molar-refractivity contribution >= 4 is 45.6 Å². The second-order valence-corrected chi connectivity index (χ2v) is 13.2. The third-order valence-corrected chi connectivity index (χ3v) is 9.18. The zero-order chi connectivity index (χ0) is 29.4. The highest BCUT2D eigenvalue weighted by atomic mass is 32.2. The molecule has 0 saturated carbocycles. The normalized spacial score (nSPS) is 21.0. The molecular formula is C26H32N2O10S2. The van der Waals surface area contributed by atoms with Crippen molar-refractivity contribution in [1.82, 2.24) is 10.2 Å². The first kappa shape index (κ1) is 29.9. The SMILES string of the molecule is CCOS(=O)(=O)C(C(=O)NC1C(=O)N2C(C(=O)OC(C)(C)C)=C(COC(C)=O)CSC12)c1ccc2c(c1)CCO2. The molecule has 1 aromatic rings. The largest absolute Gasteiger partial charge is 0.493 e. The molecule has 4 rings (SSSR count). The fraction of sp³-hybridized carbons (Fsp3) is 0.538. The zero-order valence-electron chi connectivity index (χ0n) is 22.8. The summed E-state index contributed by atoms with van der Waals surface area (Å²) in [6, 6.07) is 3.58. The van der Waals surface area contributed by atoms with E-state index < -0.39 is 56.1 Å². The Morgan fingerprint density at radius 2 is 1.98 bits per heavy atom. The van der Waals surface area contributed by atoms with Crippen LogP contribution in [0.3, 0.4) is 0 Å². The number of amides is 2. The van der Waals surface area contributed by atoms with Gasteiger partial charge >= 0.3 is 11.9 Å². The molecule has 0 aromatic heterocycles. The number of hydrogen-bond donors (Lipinski definition) is 1. The second kappa shape index (κ2) is 11.4. The molecule has 3 aliphatic heterocycles. The van der Waals surface area contributed by atoms with E-state index in [1.54, 1.807) is 32.9 Å². The van der Waals surface area contributed by atoms with E-state index in [-0.39, 0.29) is 30.2 Å². The minimum absolute atomic E-state index is 0.0486. The molecule has 12 nitrogen and oxygen atoms in total. The lowest BCUT2D eigenvalue weighted by molar-refractivity contribution is -0.159. The Morgan fingerprint density at radius 1 is 1.25 bits per heavy atom. The minimum atomic E-state index is -4.40. The Hall–Kier alpha value is -3.10. The predicted molar refractivity (Wildman–Crippen MR) is 143 cm³/mol. The van der Waals surface area contributed by atoms with Gasteiger partial charge in [0.25, 0.3) is 16.0 Å². The fourth-order valence-electron chi connectivity index (χ4n) is 4.58. The van der Waals surface area contributed by atoms with E-state index >= 15 is 0 Å². The Labute approximate surface area is 236 Å². The summed E-state index contributed by atoms with van der Waals surface area (Å²) in [5.74, 6) is -2.04. The van der Waals surface area contributed by atoms with Crippen LogP contribution in [0.15, 0.2) is 29.5 Å². The lowest BCUT2D eigenvalue weighted by atomic mass is 10.0. The summed E-state index contributed by atoms with van der Waals surface area (Å²) in [4.78, 5) is 52.5. The maximum Gasteiger partial charge on any atom is 0.355 e. The van der Waals surface area contributed by atoms with E-state index in [9.17, 15) is 27.6 Å². The fourth-order valence-corrected chi connectivity index (χ4v) is 7.18. The van der Waals surface area contributed by atoms with E-state index in [4.69, 9.17) is 18.4 Å². The van der Waals surface area contributed by atoms with Crippen molar-refractivity contribution in [3.63, 3.8) is 0 Å². The van der Waals surface area contributed by atoms with E-state index in [0.717, 1.165) is 5.56 Å². The predicted octanol–water partition coefficient (Wildman–Crippen LogP) is 1.59. The van der Waals surface area contributed by atoms with Gasteiger partial charge in [0, 0.05) is 24.7 Å². The average Bonchev–Trinajstić information content (AvgIpc) is 3.32. The molecule has 0 aliphatic carbocycles. The molecule has 2 amide bonds. The van der Waals surface area contributed by atoms with E-state index in [1.807, 2.05) is 0 Å². The Morgan fingerprint density at radius 3 is 2.62 bits per heavy atom. The van der Waals surface area contributed by atoms with Gasteiger partial charge in [-0.2, -0.15) is 8.42 Å². The van der Waals surface area contributed by atoms with Crippen molar-refractivity contribution in [3.05, 3.63) is 40.6 Å². The van der Waals surface area contributed by atoms with Crippen LogP contribution in [-0.4, -0.2) is 79.7 Å². The summed E-state index contributed by atoms with van der Waals surface area (Å²) < 4.78 is 47.1. The summed E-state index contributed by atoms with van der Waals surface area (Å²) in [5.41, 5.74) is 0.435. The third kappa shape index (κ3) is 6.13. The molecule has 3 unspecified atom stereocenters. The van der Waals surface area contributed by atoms with Crippen LogP contribution in [0.5, 0.6) is 5.75 Å². The van der Waals surface area contributed by atoms with Crippen LogP contribution >= 0.6 is 11.8 Å². The van der Waals surface area contributed by atoms with Crippen LogP contribution in [0.4, 0.5) is 0 Å². The molecule has 1 saturated heterocycles. The number of fused-ring (bicyclic) bond motifs is 2. The third-order valence-electron chi connectivity index (χ3n) is 6.21. The Bertz CT molecular complexity index is 1370. The van der Waals surface area contributed by atoms with E-state index in [2.05, 4.69) is 5.32 Å². The number of ether oxygens (including phenoxy) is 3. The van der Waals surface area contributed by atoms with Crippen molar-refractivity contribution < 1.29 is 46.0 Å². The second-order valence-electron chi connectivity index (χ2n) is 10.4. The highest BCUT2D eigenvalue weighted by molar-refractivity contribution is 8.00. The molecule has 0 radical (unpaired) electrons. The molecular weight excluding hydrogens is 564 g/mol. The quantitative estimate of drug-likeness (QED) is 0.251.